The molecule has 17 heavy (non-hydrogen) atoms. The van der Waals surface area contributed by atoms with Gasteiger partial charge in [0.05, 0.1) is 0 Å². The third-order valence-electron chi connectivity index (χ3n) is 3.12. The summed E-state index contributed by atoms with van der Waals surface area (Å²) in [7, 11) is 0. The van der Waals surface area contributed by atoms with Crippen LogP contribution < -0.4 is 0 Å². The zero-order valence-corrected chi connectivity index (χ0v) is 12.2. The Morgan fingerprint density at radius 1 is 1.12 bits per heavy atom. The lowest BCUT2D eigenvalue weighted by molar-refractivity contribution is 1.06. The molecule has 0 fully saturated rings. The van der Waals surface area contributed by atoms with Crippen molar-refractivity contribution in [3.8, 4) is 0 Å². The predicted molar refractivity (Wildman–Crippen MR) is 80.1 cm³/mol. The molecule has 0 aromatic heterocycles. The molecular formula is C17H26. The van der Waals surface area contributed by atoms with Gasteiger partial charge in [-0.2, -0.15) is 0 Å². The Labute approximate surface area is 107 Å². The summed E-state index contributed by atoms with van der Waals surface area (Å²) in [6, 6.07) is 0. The van der Waals surface area contributed by atoms with Gasteiger partial charge in [0.1, 0.15) is 0 Å². The number of allylic oxidation sites excluding steroid dienone is 9. The van der Waals surface area contributed by atoms with Gasteiger partial charge >= 0.3 is 0 Å². The molecule has 0 spiro atoms. The highest BCUT2D eigenvalue weighted by Gasteiger charge is 2.09. The molecule has 0 rings (SSSR count). The summed E-state index contributed by atoms with van der Waals surface area (Å²) >= 11 is 0. The molecule has 0 heterocycles. The fraction of sp³-hybridized carbons (Fsp3) is 0.412. The Morgan fingerprint density at radius 3 is 2.06 bits per heavy atom. The quantitative estimate of drug-likeness (QED) is 0.527. The molecule has 0 aliphatic rings. The normalized spacial score (nSPS) is 15.8. The van der Waals surface area contributed by atoms with Crippen molar-refractivity contribution in [1.82, 2.24) is 0 Å². The smallest absolute Gasteiger partial charge is 0.0156 e. The van der Waals surface area contributed by atoms with Gasteiger partial charge in [0, 0.05) is 0 Å². The highest BCUT2D eigenvalue weighted by Crippen LogP contribution is 2.28. The minimum Gasteiger partial charge on any atom is -0.0988 e. The van der Waals surface area contributed by atoms with Crippen molar-refractivity contribution in [2.45, 2.75) is 48.0 Å². The molecule has 0 aromatic rings. The van der Waals surface area contributed by atoms with E-state index in [4.69, 9.17) is 0 Å². The van der Waals surface area contributed by atoms with Crippen molar-refractivity contribution in [1.29, 1.82) is 0 Å². The summed E-state index contributed by atoms with van der Waals surface area (Å²) in [5.74, 6) is 0. The fourth-order valence-corrected chi connectivity index (χ4v) is 1.79. The molecule has 0 aliphatic carbocycles. The van der Waals surface area contributed by atoms with E-state index in [9.17, 15) is 0 Å². The van der Waals surface area contributed by atoms with Gasteiger partial charge in [0.2, 0.25) is 0 Å². The molecule has 0 nitrogen and oxygen atoms in total. The maximum absolute atomic E-state index is 3.88. The zero-order valence-electron chi connectivity index (χ0n) is 12.2. The highest BCUT2D eigenvalue weighted by atomic mass is 14.1. The van der Waals surface area contributed by atoms with Crippen LogP contribution in [0.15, 0.2) is 58.7 Å². The van der Waals surface area contributed by atoms with Gasteiger partial charge in [-0.25, -0.2) is 0 Å². The fourth-order valence-electron chi connectivity index (χ4n) is 1.79. The Balaban J connectivity index is 6.01. The van der Waals surface area contributed by atoms with E-state index in [-0.39, 0.29) is 0 Å². The lowest BCUT2D eigenvalue weighted by Crippen LogP contribution is -1.96. The number of hydrogen-bond acceptors (Lipinski definition) is 0. The van der Waals surface area contributed by atoms with Crippen LogP contribution in [-0.4, -0.2) is 0 Å². The molecule has 0 radical (unpaired) electrons. The summed E-state index contributed by atoms with van der Waals surface area (Å²) in [5, 5.41) is 0. The van der Waals surface area contributed by atoms with Gasteiger partial charge in [-0.3, -0.25) is 0 Å². The van der Waals surface area contributed by atoms with Crippen molar-refractivity contribution in [3.63, 3.8) is 0 Å². The number of hydrogen-bond donors (Lipinski definition) is 0. The van der Waals surface area contributed by atoms with Crippen LogP contribution >= 0.6 is 0 Å². The van der Waals surface area contributed by atoms with Gasteiger partial charge in [0.15, 0.2) is 0 Å². The SMILES string of the molecule is C=CC(C)=C(C=CC)C(C(C)=CC)=C(C)CC. The Morgan fingerprint density at radius 2 is 1.71 bits per heavy atom. The van der Waals surface area contributed by atoms with E-state index in [1.807, 2.05) is 6.08 Å². The van der Waals surface area contributed by atoms with Gasteiger partial charge in [-0.05, 0) is 63.3 Å². The minimum absolute atomic E-state index is 1.08. The first kappa shape index (κ1) is 15.7. The first-order valence-electron chi connectivity index (χ1n) is 6.32. The Hall–Kier alpha value is -1.30. The van der Waals surface area contributed by atoms with Crippen molar-refractivity contribution >= 4 is 0 Å². The molecule has 0 aliphatic heterocycles. The van der Waals surface area contributed by atoms with E-state index < -0.39 is 0 Å². The second-order valence-electron chi connectivity index (χ2n) is 4.28. The summed E-state index contributed by atoms with van der Waals surface area (Å²) in [6.07, 6.45) is 9.45. The van der Waals surface area contributed by atoms with E-state index in [0.717, 1.165) is 6.42 Å². The Kier molecular flexibility index (Phi) is 7.29. The topological polar surface area (TPSA) is 0 Å². The first-order chi connectivity index (χ1) is 8.03. The van der Waals surface area contributed by atoms with Crippen molar-refractivity contribution in [2.24, 2.45) is 0 Å². The molecular weight excluding hydrogens is 204 g/mol. The van der Waals surface area contributed by atoms with Crippen LogP contribution in [0.1, 0.15) is 48.0 Å². The molecule has 0 bridgehead atoms. The van der Waals surface area contributed by atoms with Crippen LogP contribution in [0.5, 0.6) is 0 Å². The third kappa shape index (κ3) is 4.22. The van der Waals surface area contributed by atoms with Crippen LogP contribution in [0.3, 0.4) is 0 Å². The van der Waals surface area contributed by atoms with Crippen LogP contribution in [0.4, 0.5) is 0 Å². The standard InChI is InChI=1S/C17H26/c1-8-12-16(13(5)9-2)17(14(6)10-3)15(7)11-4/h8-10,12H,2,11H2,1,3-7H3. The molecule has 0 atom stereocenters. The monoisotopic (exact) mass is 230 g/mol. The van der Waals surface area contributed by atoms with Crippen molar-refractivity contribution in [2.75, 3.05) is 0 Å². The molecule has 0 heteroatoms. The van der Waals surface area contributed by atoms with Crippen molar-refractivity contribution in [3.05, 3.63) is 58.7 Å². The molecule has 0 amide bonds. The van der Waals surface area contributed by atoms with Crippen LogP contribution in [0.25, 0.3) is 0 Å². The average molecular weight is 230 g/mol. The third-order valence-corrected chi connectivity index (χ3v) is 3.12. The highest BCUT2D eigenvalue weighted by molar-refractivity contribution is 5.56. The molecule has 0 aromatic carbocycles. The van der Waals surface area contributed by atoms with E-state index in [0.29, 0.717) is 0 Å². The minimum atomic E-state index is 1.08. The van der Waals surface area contributed by atoms with Crippen LogP contribution in [-0.2, 0) is 0 Å². The first-order valence-corrected chi connectivity index (χ1v) is 6.32. The lowest BCUT2D eigenvalue weighted by atomic mass is 9.89. The van der Waals surface area contributed by atoms with Crippen LogP contribution in [0.2, 0.25) is 0 Å². The van der Waals surface area contributed by atoms with E-state index in [2.05, 4.69) is 66.3 Å². The number of rotatable bonds is 5. The van der Waals surface area contributed by atoms with Crippen molar-refractivity contribution < 1.29 is 0 Å². The summed E-state index contributed by atoms with van der Waals surface area (Å²) in [4.78, 5) is 0. The second-order valence-corrected chi connectivity index (χ2v) is 4.28. The molecule has 0 N–H and O–H groups in total. The molecule has 0 unspecified atom stereocenters. The maximum Gasteiger partial charge on any atom is -0.0156 e. The van der Waals surface area contributed by atoms with Gasteiger partial charge in [-0.15, -0.1) is 0 Å². The molecule has 0 saturated carbocycles. The predicted octanol–water partition coefficient (Wildman–Crippen LogP) is 5.76. The van der Waals surface area contributed by atoms with Crippen LogP contribution in [0, 0.1) is 0 Å². The summed E-state index contributed by atoms with van der Waals surface area (Å²) in [6.45, 7) is 16.7. The van der Waals surface area contributed by atoms with Gasteiger partial charge in [-0.1, -0.05) is 43.4 Å². The maximum atomic E-state index is 3.88. The van der Waals surface area contributed by atoms with E-state index >= 15 is 0 Å². The molecule has 94 valence electrons. The summed E-state index contributed by atoms with van der Waals surface area (Å²) in [5.41, 5.74) is 6.64. The Bertz CT molecular complexity index is 384. The van der Waals surface area contributed by atoms with Gasteiger partial charge in [0.25, 0.3) is 0 Å². The van der Waals surface area contributed by atoms with E-state index in [1.165, 1.54) is 27.9 Å². The lowest BCUT2D eigenvalue weighted by Gasteiger charge is -2.15. The summed E-state index contributed by atoms with van der Waals surface area (Å²) < 4.78 is 0. The largest absolute Gasteiger partial charge is 0.0988 e. The van der Waals surface area contributed by atoms with E-state index in [1.54, 1.807) is 0 Å². The van der Waals surface area contributed by atoms with Gasteiger partial charge < -0.3 is 0 Å². The zero-order chi connectivity index (χ0) is 13.4. The average Bonchev–Trinajstić information content (AvgIpc) is 2.36. The molecule has 0 saturated heterocycles. The second kappa shape index (κ2) is 7.89.